The number of aliphatic carboxylic acids is 1. The zero-order valence-electron chi connectivity index (χ0n) is 20.1. The van der Waals surface area contributed by atoms with Gasteiger partial charge < -0.3 is 20.0 Å². The number of carbonyl (C=O) groups is 3. The van der Waals surface area contributed by atoms with Crippen molar-refractivity contribution in [2.24, 2.45) is 0 Å². The molecule has 0 aromatic heterocycles. The van der Waals surface area contributed by atoms with Gasteiger partial charge in [-0.2, -0.15) is 12.6 Å². The van der Waals surface area contributed by atoms with Crippen LogP contribution in [0.5, 0.6) is 0 Å². The summed E-state index contributed by atoms with van der Waals surface area (Å²) in [5, 5.41) is 18.2. The van der Waals surface area contributed by atoms with Crippen LogP contribution in [0.3, 0.4) is 0 Å². The number of hydrogen-bond acceptors (Lipinski definition) is 6. The smallest absolute Gasteiger partial charge is 0.303 e. The Kier molecular flexibility index (Phi) is 10.6. The van der Waals surface area contributed by atoms with Crippen LogP contribution in [0.4, 0.5) is 5.69 Å². The summed E-state index contributed by atoms with van der Waals surface area (Å²) in [6.07, 6.45) is 0.843. The van der Waals surface area contributed by atoms with E-state index in [1.807, 2.05) is 29.2 Å². The SMILES string of the molecule is O=C(O)CCC(S)C(=O)N(CCO)c1ccc(C(=O)N2CCN(CCc3ccc(Cl)cc3)CC2)cc1. The van der Waals surface area contributed by atoms with Gasteiger partial charge in [-0.25, -0.2) is 0 Å². The highest BCUT2D eigenvalue weighted by atomic mass is 35.5. The number of anilines is 1. The minimum Gasteiger partial charge on any atom is -0.481 e. The molecule has 2 aromatic carbocycles. The predicted octanol–water partition coefficient (Wildman–Crippen LogP) is 2.83. The number of carboxylic acid groups (broad SMARTS) is 1. The molecule has 0 aliphatic carbocycles. The highest BCUT2D eigenvalue weighted by molar-refractivity contribution is 7.81. The van der Waals surface area contributed by atoms with Gasteiger partial charge in [0.1, 0.15) is 0 Å². The molecule has 0 bridgehead atoms. The summed E-state index contributed by atoms with van der Waals surface area (Å²) in [7, 11) is 0. The number of hydrogen-bond donors (Lipinski definition) is 3. The van der Waals surface area contributed by atoms with Gasteiger partial charge in [-0.1, -0.05) is 23.7 Å². The molecule has 2 aromatic rings. The molecule has 194 valence electrons. The number of nitrogens with zero attached hydrogens (tertiary/aromatic N) is 3. The molecule has 36 heavy (non-hydrogen) atoms. The van der Waals surface area contributed by atoms with Crippen molar-refractivity contribution >= 4 is 47.7 Å². The first kappa shape index (κ1) is 28.0. The van der Waals surface area contributed by atoms with Crippen LogP contribution >= 0.6 is 24.2 Å². The van der Waals surface area contributed by atoms with E-state index in [9.17, 15) is 19.5 Å². The maximum atomic E-state index is 13.0. The second-order valence-electron chi connectivity index (χ2n) is 8.72. The van der Waals surface area contributed by atoms with Gasteiger partial charge >= 0.3 is 5.97 Å². The summed E-state index contributed by atoms with van der Waals surface area (Å²) in [6.45, 7) is 3.60. The Labute approximate surface area is 221 Å². The minimum atomic E-state index is -0.999. The lowest BCUT2D eigenvalue weighted by atomic mass is 10.1. The maximum absolute atomic E-state index is 13.0. The molecule has 2 amide bonds. The van der Waals surface area contributed by atoms with E-state index >= 15 is 0 Å². The Balaban J connectivity index is 1.53. The topological polar surface area (TPSA) is 101 Å². The molecule has 2 N–H and O–H groups in total. The molecule has 0 radical (unpaired) electrons. The van der Waals surface area contributed by atoms with Crippen molar-refractivity contribution < 1.29 is 24.6 Å². The average molecular weight is 534 g/mol. The van der Waals surface area contributed by atoms with Crippen LogP contribution in [0.25, 0.3) is 0 Å². The zero-order valence-corrected chi connectivity index (χ0v) is 21.7. The normalized spacial score (nSPS) is 14.9. The van der Waals surface area contributed by atoms with E-state index in [1.54, 1.807) is 24.3 Å². The van der Waals surface area contributed by atoms with Crippen molar-refractivity contribution in [3.8, 4) is 0 Å². The molecule has 3 rings (SSSR count). The first-order valence-corrected chi connectivity index (χ1v) is 12.9. The number of piperazine rings is 1. The molecule has 1 saturated heterocycles. The van der Waals surface area contributed by atoms with E-state index in [4.69, 9.17) is 16.7 Å². The van der Waals surface area contributed by atoms with Gasteiger partial charge in [-0.3, -0.25) is 19.3 Å². The van der Waals surface area contributed by atoms with Gasteiger partial charge in [-0.15, -0.1) is 0 Å². The van der Waals surface area contributed by atoms with Crippen molar-refractivity contribution in [1.29, 1.82) is 0 Å². The largest absolute Gasteiger partial charge is 0.481 e. The third kappa shape index (κ3) is 7.96. The number of benzene rings is 2. The predicted molar refractivity (Wildman–Crippen MR) is 143 cm³/mol. The van der Waals surface area contributed by atoms with Crippen LogP contribution in [0.1, 0.15) is 28.8 Å². The number of aliphatic hydroxyl groups is 1. The summed E-state index contributed by atoms with van der Waals surface area (Å²) in [5.41, 5.74) is 2.28. The van der Waals surface area contributed by atoms with Crippen LogP contribution in [-0.2, 0) is 16.0 Å². The summed E-state index contributed by atoms with van der Waals surface area (Å²) in [6, 6.07) is 14.5. The number of aliphatic hydroxyl groups excluding tert-OH is 1. The lowest BCUT2D eigenvalue weighted by Gasteiger charge is -2.35. The standard InChI is InChI=1S/C26H32ClN3O5S/c27-21-5-1-19(2-6-21)11-12-28-13-15-29(16-14-28)25(34)20-3-7-22(8-4-20)30(17-18-31)26(35)23(36)9-10-24(32)33/h1-8,23,31,36H,9-18H2,(H,32,33). The molecule has 1 heterocycles. The lowest BCUT2D eigenvalue weighted by molar-refractivity contribution is -0.137. The molecular weight excluding hydrogens is 502 g/mol. The Morgan fingerprint density at radius 1 is 1.00 bits per heavy atom. The monoisotopic (exact) mass is 533 g/mol. The van der Waals surface area contributed by atoms with Crippen LogP contribution in [0.2, 0.25) is 5.02 Å². The molecule has 1 aliphatic heterocycles. The summed E-state index contributed by atoms with van der Waals surface area (Å²) in [4.78, 5) is 42.1. The van der Waals surface area contributed by atoms with E-state index in [1.165, 1.54) is 10.5 Å². The Bertz CT molecular complexity index is 1030. The summed E-state index contributed by atoms with van der Waals surface area (Å²) >= 11 is 10.2. The fourth-order valence-corrected chi connectivity index (χ4v) is 4.50. The summed E-state index contributed by atoms with van der Waals surface area (Å²) < 4.78 is 0. The van der Waals surface area contributed by atoms with Crippen LogP contribution in [0, 0.1) is 0 Å². The highest BCUT2D eigenvalue weighted by Crippen LogP contribution is 2.20. The zero-order chi connectivity index (χ0) is 26.1. The fourth-order valence-electron chi connectivity index (χ4n) is 4.11. The van der Waals surface area contributed by atoms with Crippen molar-refractivity contribution in [1.82, 2.24) is 9.80 Å². The molecule has 8 nitrogen and oxygen atoms in total. The number of thiol groups is 1. The molecule has 1 aliphatic rings. The van der Waals surface area contributed by atoms with Crippen molar-refractivity contribution in [2.45, 2.75) is 24.5 Å². The van der Waals surface area contributed by atoms with Crippen molar-refractivity contribution in [3.05, 3.63) is 64.7 Å². The Hall–Kier alpha value is -2.59. The minimum absolute atomic E-state index is 0.0498. The molecular formula is C26H32ClN3O5S. The van der Waals surface area contributed by atoms with Crippen LogP contribution < -0.4 is 4.90 Å². The van der Waals surface area contributed by atoms with Gasteiger partial charge in [0, 0.05) is 62.0 Å². The lowest BCUT2D eigenvalue weighted by Crippen LogP contribution is -2.49. The number of carbonyl (C=O) groups excluding carboxylic acids is 2. The van der Waals surface area contributed by atoms with Crippen molar-refractivity contribution in [2.75, 3.05) is 50.8 Å². The first-order valence-electron chi connectivity index (χ1n) is 12.0. The van der Waals surface area contributed by atoms with E-state index in [-0.39, 0.29) is 37.8 Å². The Morgan fingerprint density at radius 3 is 2.22 bits per heavy atom. The molecule has 0 spiro atoms. The second kappa shape index (κ2) is 13.6. The molecule has 1 unspecified atom stereocenters. The number of halogens is 1. The Morgan fingerprint density at radius 2 is 1.64 bits per heavy atom. The van der Waals surface area contributed by atoms with Gasteiger partial charge in [0.15, 0.2) is 0 Å². The fraction of sp³-hybridized carbons (Fsp3) is 0.423. The molecule has 1 fully saturated rings. The van der Waals surface area contributed by atoms with Crippen LogP contribution in [0.15, 0.2) is 48.5 Å². The van der Waals surface area contributed by atoms with Gasteiger partial charge in [0.05, 0.1) is 11.9 Å². The number of carboxylic acids is 1. The second-order valence-corrected chi connectivity index (χ2v) is 9.78. The maximum Gasteiger partial charge on any atom is 0.303 e. The average Bonchev–Trinajstić information content (AvgIpc) is 2.89. The summed E-state index contributed by atoms with van der Waals surface area (Å²) in [5.74, 6) is -1.45. The molecule has 10 heteroatoms. The first-order chi connectivity index (χ1) is 17.3. The van der Waals surface area contributed by atoms with E-state index in [0.29, 0.717) is 24.3 Å². The van der Waals surface area contributed by atoms with Crippen LogP contribution in [-0.4, -0.2) is 88.9 Å². The highest BCUT2D eigenvalue weighted by Gasteiger charge is 2.25. The molecule has 1 atom stereocenters. The van der Waals surface area contributed by atoms with Crippen molar-refractivity contribution in [3.63, 3.8) is 0 Å². The number of amides is 2. The van der Waals surface area contributed by atoms with Gasteiger partial charge in [0.25, 0.3) is 5.91 Å². The third-order valence-corrected chi connectivity index (χ3v) is 6.95. The third-order valence-electron chi connectivity index (χ3n) is 6.22. The number of rotatable bonds is 11. The van der Waals surface area contributed by atoms with E-state index in [0.717, 1.165) is 31.1 Å². The quantitative estimate of drug-likeness (QED) is 0.384. The van der Waals surface area contributed by atoms with Gasteiger partial charge in [-0.05, 0) is 54.8 Å². The van der Waals surface area contributed by atoms with E-state index < -0.39 is 11.2 Å². The van der Waals surface area contributed by atoms with Gasteiger partial charge in [0.2, 0.25) is 5.91 Å². The van der Waals surface area contributed by atoms with E-state index in [2.05, 4.69) is 17.5 Å². The molecule has 0 saturated carbocycles.